The van der Waals surface area contributed by atoms with Crippen molar-refractivity contribution in [2.24, 2.45) is 11.3 Å². The lowest BCUT2D eigenvalue weighted by Crippen LogP contribution is -2.37. The van der Waals surface area contributed by atoms with E-state index in [4.69, 9.17) is 5.73 Å². The van der Waals surface area contributed by atoms with Gasteiger partial charge in [0.25, 0.3) is 0 Å². The summed E-state index contributed by atoms with van der Waals surface area (Å²) in [6, 6.07) is 4.48. The Labute approximate surface area is 167 Å². The third-order valence-electron chi connectivity index (χ3n) is 6.20. The van der Waals surface area contributed by atoms with E-state index in [0.717, 1.165) is 50.3 Å². The van der Waals surface area contributed by atoms with Crippen LogP contribution in [0.3, 0.4) is 0 Å². The van der Waals surface area contributed by atoms with Gasteiger partial charge in [-0.3, -0.25) is 10.00 Å². The molecule has 2 fully saturated rings. The van der Waals surface area contributed by atoms with E-state index in [1.54, 1.807) is 6.20 Å². The Morgan fingerprint density at radius 2 is 2.14 bits per heavy atom. The molecular weight excluding hydrogens is 374 g/mol. The van der Waals surface area contributed by atoms with Crippen LogP contribution in [0.15, 0.2) is 18.3 Å². The second-order valence-electron chi connectivity index (χ2n) is 8.03. The maximum Gasteiger partial charge on any atom is 0.224 e. The second-order valence-corrected chi connectivity index (χ2v) is 9.28. The standard InChI is InChI=1S/C19H25N7OS/c1-2-13-3-4-14(28-13)8-25-6-12-7-26(10-19(12,9-25)11-27)17-15-5-21-24-16(15)22-18(20)23-17/h3-5,12,27H,2,6-11H2,1H3,(H3,20,21,22,23,24). The SMILES string of the molecule is CCc1ccc(CN2CC3CN(c4nc(N)nc5[nH]ncc45)CC3(CO)C2)s1. The number of rotatable bonds is 5. The van der Waals surface area contributed by atoms with Crippen molar-refractivity contribution in [3.63, 3.8) is 0 Å². The molecule has 0 spiro atoms. The molecule has 2 saturated heterocycles. The monoisotopic (exact) mass is 399 g/mol. The van der Waals surface area contributed by atoms with E-state index in [1.165, 1.54) is 9.75 Å². The van der Waals surface area contributed by atoms with Crippen LogP contribution in [0, 0.1) is 11.3 Å². The van der Waals surface area contributed by atoms with Crippen molar-refractivity contribution in [1.29, 1.82) is 0 Å². The van der Waals surface area contributed by atoms with Crippen molar-refractivity contribution in [3.05, 3.63) is 28.1 Å². The number of H-pyrrole nitrogens is 1. The van der Waals surface area contributed by atoms with Crippen molar-refractivity contribution in [1.82, 2.24) is 25.1 Å². The molecule has 0 aromatic carbocycles. The number of thiophene rings is 1. The first kappa shape index (κ1) is 17.8. The van der Waals surface area contributed by atoms with E-state index in [2.05, 4.69) is 49.0 Å². The zero-order valence-electron chi connectivity index (χ0n) is 15.9. The Bertz CT molecular complexity index is 1000. The first-order valence-corrected chi connectivity index (χ1v) is 10.5. The summed E-state index contributed by atoms with van der Waals surface area (Å²) in [6.07, 6.45) is 2.84. The molecule has 8 nitrogen and oxygen atoms in total. The van der Waals surface area contributed by atoms with Gasteiger partial charge in [0, 0.05) is 47.9 Å². The summed E-state index contributed by atoms with van der Waals surface area (Å²) in [7, 11) is 0. The van der Waals surface area contributed by atoms with Gasteiger partial charge in [-0.1, -0.05) is 6.92 Å². The minimum Gasteiger partial charge on any atom is -0.396 e. The first-order valence-electron chi connectivity index (χ1n) is 9.72. The second kappa shape index (κ2) is 6.68. The molecule has 2 aliphatic rings. The molecule has 5 rings (SSSR count). The number of anilines is 2. The smallest absolute Gasteiger partial charge is 0.224 e. The minimum atomic E-state index is -0.124. The van der Waals surface area contributed by atoms with Crippen LogP contribution in [0.2, 0.25) is 0 Å². The average molecular weight is 400 g/mol. The lowest BCUT2D eigenvalue weighted by Gasteiger charge is -2.27. The van der Waals surface area contributed by atoms with E-state index in [0.29, 0.717) is 11.6 Å². The van der Waals surface area contributed by atoms with Crippen LogP contribution in [0.25, 0.3) is 11.0 Å². The van der Waals surface area contributed by atoms with Crippen LogP contribution in [0.4, 0.5) is 11.8 Å². The Hall–Kier alpha value is -2.23. The predicted molar refractivity (Wildman–Crippen MR) is 110 cm³/mol. The maximum absolute atomic E-state index is 10.3. The van der Waals surface area contributed by atoms with Gasteiger partial charge in [-0.25, -0.2) is 0 Å². The van der Waals surface area contributed by atoms with E-state index in [9.17, 15) is 5.11 Å². The van der Waals surface area contributed by atoms with Crippen molar-refractivity contribution < 1.29 is 5.11 Å². The number of aryl methyl sites for hydroxylation is 1. The Balaban J connectivity index is 1.36. The summed E-state index contributed by atoms with van der Waals surface area (Å²) >= 11 is 1.90. The number of nitrogens with one attached hydrogen (secondary N) is 1. The number of nitrogens with two attached hydrogens (primary N) is 1. The fourth-order valence-electron chi connectivity index (χ4n) is 4.79. The third-order valence-corrected chi connectivity index (χ3v) is 7.41. The average Bonchev–Trinajstić information content (AvgIpc) is 3.43. The van der Waals surface area contributed by atoms with Gasteiger partial charge < -0.3 is 15.7 Å². The van der Waals surface area contributed by atoms with Crippen molar-refractivity contribution >= 4 is 34.1 Å². The minimum absolute atomic E-state index is 0.124. The molecule has 3 aromatic heterocycles. The van der Waals surface area contributed by atoms with E-state index < -0.39 is 0 Å². The van der Waals surface area contributed by atoms with E-state index in [1.807, 2.05) is 11.3 Å². The molecule has 4 N–H and O–H groups in total. The Morgan fingerprint density at radius 3 is 2.89 bits per heavy atom. The number of nitrogens with zero attached hydrogens (tertiary/aromatic N) is 5. The summed E-state index contributed by atoms with van der Waals surface area (Å²) in [4.78, 5) is 16.3. The lowest BCUT2D eigenvalue weighted by molar-refractivity contribution is 0.125. The number of hydrogen-bond donors (Lipinski definition) is 3. The molecule has 28 heavy (non-hydrogen) atoms. The number of nitrogen functional groups attached to an aromatic ring is 1. The fourth-order valence-corrected chi connectivity index (χ4v) is 5.79. The first-order chi connectivity index (χ1) is 13.6. The predicted octanol–water partition coefficient (Wildman–Crippen LogP) is 1.49. The van der Waals surface area contributed by atoms with Crippen LogP contribution in [-0.2, 0) is 13.0 Å². The normalized spacial score (nSPS) is 25.1. The largest absolute Gasteiger partial charge is 0.396 e. The molecule has 2 unspecified atom stereocenters. The molecule has 3 aromatic rings. The maximum atomic E-state index is 10.3. The molecule has 9 heteroatoms. The number of fused-ring (bicyclic) bond motifs is 2. The molecule has 0 bridgehead atoms. The van der Waals surface area contributed by atoms with E-state index >= 15 is 0 Å². The van der Waals surface area contributed by atoms with Gasteiger partial charge in [0.1, 0.15) is 5.82 Å². The molecule has 2 aliphatic heterocycles. The summed E-state index contributed by atoms with van der Waals surface area (Å²) in [6.45, 7) is 6.87. The molecule has 0 radical (unpaired) electrons. The number of hydrogen-bond acceptors (Lipinski definition) is 8. The van der Waals surface area contributed by atoms with Gasteiger partial charge >= 0.3 is 0 Å². The zero-order chi connectivity index (χ0) is 19.3. The highest BCUT2D eigenvalue weighted by Gasteiger charge is 2.52. The number of likely N-dealkylation sites (tertiary alicyclic amines) is 1. The highest BCUT2D eigenvalue weighted by atomic mass is 32.1. The quantitative estimate of drug-likeness (QED) is 0.597. The highest BCUT2D eigenvalue weighted by molar-refractivity contribution is 7.11. The summed E-state index contributed by atoms with van der Waals surface area (Å²) < 4.78 is 0. The summed E-state index contributed by atoms with van der Waals surface area (Å²) in [5.74, 6) is 1.46. The van der Waals surface area contributed by atoms with Crippen LogP contribution in [-0.4, -0.2) is 63.0 Å². The molecule has 148 valence electrons. The summed E-state index contributed by atoms with van der Waals surface area (Å²) in [5, 5.41) is 18.2. The van der Waals surface area contributed by atoms with Crippen molar-refractivity contribution in [2.45, 2.75) is 19.9 Å². The Morgan fingerprint density at radius 1 is 1.29 bits per heavy atom. The molecular formula is C19H25N7OS. The third kappa shape index (κ3) is 2.85. The van der Waals surface area contributed by atoms with Gasteiger partial charge in [0.05, 0.1) is 18.2 Å². The van der Waals surface area contributed by atoms with E-state index in [-0.39, 0.29) is 18.0 Å². The van der Waals surface area contributed by atoms with Gasteiger partial charge in [0.2, 0.25) is 5.95 Å². The van der Waals surface area contributed by atoms with Crippen LogP contribution in [0.5, 0.6) is 0 Å². The molecule has 0 aliphatic carbocycles. The summed E-state index contributed by atoms with van der Waals surface area (Å²) in [5.41, 5.74) is 6.43. The molecule has 0 saturated carbocycles. The zero-order valence-corrected chi connectivity index (χ0v) is 16.7. The fraction of sp³-hybridized carbons (Fsp3) is 0.526. The van der Waals surface area contributed by atoms with Crippen molar-refractivity contribution in [2.75, 3.05) is 43.4 Å². The lowest BCUT2D eigenvalue weighted by atomic mass is 9.82. The van der Waals surface area contributed by atoms with Crippen LogP contribution >= 0.6 is 11.3 Å². The number of aromatic nitrogens is 4. The Kier molecular flexibility index (Phi) is 4.26. The van der Waals surface area contributed by atoms with Crippen LogP contribution in [0.1, 0.15) is 16.7 Å². The highest BCUT2D eigenvalue weighted by Crippen LogP contribution is 2.44. The molecule has 5 heterocycles. The topological polar surface area (TPSA) is 107 Å². The van der Waals surface area contributed by atoms with Gasteiger partial charge in [0.15, 0.2) is 5.65 Å². The molecule has 0 amide bonds. The number of aliphatic hydroxyl groups is 1. The molecule has 2 atom stereocenters. The van der Waals surface area contributed by atoms with Gasteiger partial charge in [-0.15, -0.1) is 11.3 Å². The van der Waals surface area contributed by atoms with Gasteiger partial charge in [-0.05, 0) is 24.5 Å². The number of aromatic amines is 1. The van der Waals surface area contributed by atoms with Crippen LogP contribution < -0.4 is 10.6 Å². The number of aliphatic hydroxyl groups excluding tert-OH is 1. The van der Waals surface area contributed by atoms with Gasteiger partial charge in [-0.2, -0.15) is 15.1 Å². The van der Waals surface area contributed by atoms with Crippen molar-refractivity contribution in [3.8, 4) is 0 Å².